The molecule has 0 fully saturated rings. The second-order valence-electron chi connectivity index (χ2n) is 13.7. The van der Waals surface area contributed by atoms with Gasteiger partial charge in [0.05, 0.1) is 26.4 Å². The molecule has 0 aliphatic rings. The van der Waals surface area contributed by atoms with Crippen LogP contribution in [0.15, 0.2) is 60.7 Å². The summed E-state index contributed by atoms with van der Waals surface area (Å²) in [6.07, 6.45) is -2.25. The molecule has 44 heavy (non-hydrogen) atoms. The quantitative estimate of drug-likeness (QED) is 0.203. The van der Waals surface area contributed by atoms with E-state index in [2.05, 4.69) is 77.9 Å². The summed E-state index contributed by atoms with van der Waals surface area (Å²) in [5.74, 6) is 1.42. The van der Waals surface area contributed by atoms with Crippen LogP contribution in [0.1, 0.15) is 72.2 Å². The minimum atomic E-state index is -1.13. The molecule has 0 saturated heterocycles. The molecular formula is C40H50O4. The Morgan fingerprint density at radius 1 is 0.523 bits per heavy atom. The van der Waals surface area contributed by atoms with E-state index in [1.54, 1.807) is 14.2 Å². The van der Waals surface area contributed by atoms with Crippen molar-refractivity contribution in [3.63, 3.8) is 0 Å². The van der Waals surface area contributed by atoms with Crippen LogP contribution in [-0.2, 0) is 10.8 Å². The zero-order valence-corrected chi connectivity index (χ0v) is 28.6. The van der Waals surface area contributed by atoms with Crippen molar-refractivity contribution < 1.29 is 19.7 Å². The third-order valence-electron chi connectivity index (χ3n) is 9.50. The molecule has 0 radical (unpaired) electrons. The summed E-state index contributed by atoms with van der Waals surface area (Å²) in [7, 11) is 3.35. The van der Waals surface area contributed by atoms with Crippen molar-refractivity contribution in [1.82, 2.24) is 0 Å². The lowest BCUT2D eigenvalue weighted by Gasteiger charge is -2.42. The Balaban J connectivity index is 1.81. The molecule has 4 rings (SSSR count). The highest BCUT2D eigenvalue weighted by Crippen LogP contribution is 2.47. The summed E-state index contributed by atoms with van der Waals surface area (Å²) in [5.41, 5.74) is 11.3. The molecule has 4 aromatic carbocycles. The molecule has 4 heteroatoms. The topological polar surface area (TPSA) is 58.9 Å². The van der Waals surface area contributed by atoms with Crippen molar-refractivity contribution in [2.24, 2.45) is 0 Å². The van der Waals surface area contributed by atoms with Crippen LogP contribution in [-0.4, -0.2) is 36.6 Å². The predicted octanol–water partition coefficient (Wildman–Crippen LogP) is 8.87. The van der Waals surface area contributed by atoms with E-state index >= 15 is 0 Å². The van der Waals surface area contributed by atoms with Crippen LogP contribution >= 0.6 is 0 Å². The Kier molecular flexibility index (Phi) is 9.40. The molecular weight excluding hydrogens is 544 g/mol. The molecule has 0 aromatic heterocycles. The van der Waals surface area contributed by atoms with Crippen molar-refractivity contribution in [2.75, 3.05) is 14.2 Å². The number of hydrogen-bond acceptors (Lipinski definition) is 4. The Bertz CT molecular complexity index is 1510. The highest BCUT2D eigenvalue weighted by Gasteiger charge is 2.45. The fourth-order valence-corrected chi connectivity index (χ4v) is 7.24. The van der Waals surface area contributed by atoms with Gasteiger partial charge in [-0.2, -0.15) is 0 Å². The molecule has 0 amide bonds. The number of aliphatic hydroxyl groups is 2. The Morgan fingerprint density at radius 2 is 0.818 bits per heavy atom. The second-order valence-corrected chi connectivity index (χ2v) is 13.7. The fraction of sp³-hybridized carbons (Fsp3) is 0.400. The minimum Gasteiger partial charge on any atom is -0.496 e. The number of rotatable bonds is 9. The van der Waals surface area contributed by atoms with Crippen LogP contribution in [0.3, 0.4) is 0 Å². The molecule has 4 aromatic rings. The normalized spacial score (nSPS) is 13.5. The first-order chi connectivity index (χ1) is 20.6. The maximum Gasteiger partial charge on any atom is 0.130 e. The third kappa shape index (κ3) is 5.78. The van der Waals surface area contributed by atoms with E-state index in [1.165, 1.54) is 33.4 Å². The summed E-state index contributed by atoms with van der Waals surface area (Å²) >= 11 is 0. The van der Waals surface area contributed by atoms with E-state index in [9.17, 15) is 10.2 Å². The van der Waals surface area contributed by atoms with E-state index in [-0.39, 0.29) is 0 Å². The summed E-state index contributed by atoms with van der Waals surface area (Å²) in [6.45, 7) is 20.6. The lowest BCUT2D eigenvalue weighted by Crippen LogP contribution is -2.51. The first kappa shape index (κ1) is 33.3. The smallest absolute Gasteiger partial charge is 0.130 e. The van der Waals surface area contributed by atoms with Crippen LogP contribution in [0.25, 0.3) is 22.3 Å². The average molecular weight is 595 g/mol. The molecule has 2 atom stereocenters. The van der Waals surface area contributed by atoms with Gasteiger partial charge in [-0.1, -0.05) is 99.5 Å². The molecule has 0 bridgehead atoms. The van der Waals surface area contributed by atoms with Gasteiger partial charge in [-0.3, -0.25) is 0 Å². The van der Waals surface area contributed by atoms with Crippen molar-refractivity contribution in [3.05, 3.63) is 105 Å². The summed E-state index contributed by atoms with van der Waals surface area (Å²) in [4.78, 5) is 0. The van der Waals surface area contributed by atoms with E-state index in [0.29, 0.717) is 11.5 Å². The van der Waals surface area contributed by atoms with Crippen molar-refractivity contribution >= 4 is 0 Å². The van der Waals surface area contributed by atoms with Gasteiger partial charge in [-0.05, 0) is 74.9 Å². The molecule has 234 valence electrons. The lowest BCUT2D eigenvalue weighted by atomic mass is 9.67. The monoisotopic (exact) mass is 594 g/mol. The maximum absolute atomic E-state index is 12.0. The number of aryl methyl sites for hydroxylation is 6. The van der Waals surface area contributed by atoms with Gasteiger partial charge >= 0.3 is 0 Å². The van der Waals surface area contributed by atoms with Gasteiger partial charge in [-0.25, -0.2) is 0 Å². The Labute approximate surface area is 264 Å². The third-order valence-corrected chi connectivity index (χ3v) is 9.50. The first-order valence-corrected chi connectivity index (χ1v) is 15.4. The average Bonchev–Trinajstić information content (AvgIpc) is 2.94. The van der Waals surface area contributed by atoms with E-state index in [0.717, 1.165) is 33.4 Å². The standard InChI is InChI=1S/C40H50O4/c1-23-19-25(3)33(26(4)20-23)29-15-13-17-31(35(29)43-11)39(7,8)37(41)38(42)40(9,10)32-18-14-16-30(36(32)44-12)34-27(5)21-24(2)22-28(34)6/h13-22,37-38,41-42H,1-12H3/t37-,38-/m0/s1. The molecule has 0 spiro atoms. The maximum atomic E-state index is 12.0. The van der Waals surface area contributed by atoms with Crippen LogP contribution < -0.4 is 9.47 Å². The Hall–Kier alpha value is -3.60. The fourth-order valence-electron chi connectivity index (χ4n) is 7.24. The number of para-hydroxylation sites is 2. The summed E-state index contributed by atoms with van der Waals surface area (Å²) in [5, 5.41) is 24.1. The summed E-state index contributed by atoms with van der Waals surface area (Å²) < 4.78 is 12.2. The van der Waals surface area contributed by atoms with Crippen LogP contribution in [0, 0.1) is 41.5 Å². The number of hydrogen-bond donors (Lipinski definition) is 2. The van der Waals surface area contributed by atoms with Gasteiger partial charge in [0.1, 0.15) is 11.5 Å². The van der Waals surface area contributed by atoms with E-state index < -0.39 is 23.0 Å². The lowest BCUT2D eigenvalue weighted by molar-refractivity contribution is -0.0566. The zero-order chi connectivity index (χ0) is 32.7. The Morgan fingerprint density at radius 3 is 1.09 bits per heavy atom. The van der Waals surface area contributed by atoms with Crippen LogP contribution in [0.2, 0.25) is 0 Å². The van der Waals surface area contributed by atoms with Crippen molar-refractivity contribution in [1.29, 1.82) is 0 Å². The van der Waals surface area contributed by atoms with Gasteiger partial charge in [0.15, 0.2) is 0 Å². The molecule has 0 aliphatic heterocycles. The molecule has 4 nitrogen and oxygen atoms in total. The SMILES string of the molecule is COc1c(-c2c(C)cc(C)cc2C)cccc1C(C)(C)[C@@H](O)[C@H](O)C(C)(C)c1cccc(-c2c(C)cc(C)cc2C)c1OC. The number of methoxy groups -OCH3 is 2. The number of aliphatic hydroxyl groups excluding tert-OH is 2. The highest BCUT2D eigenvalue weighted by molar-refractivity contribution is 5.79. The van der Waals surface area contributed by atoms with Gasteiger partial charge in [0.25, 0.3) is 0 Å². The van der Waals surface area contributed by atoms with Gasteiger partial charge in [0, 0.05) is 33.1 Å². The molecule has 0 saturated carbocycles. The molecule has 0 heterocycles. The number of benzene rings is 4. The van der Waals surface area contributed by atoms with Gasteiger partial charge in [0.2, 0.25) is 0 Å². The molecule has 2 N–H and O–H groups in total. The summed E-state index contributed by atoms with van der Waals surface area (Å²) in [6, 6.07) is 20.9. The van der Waals surface area contributed by atoms with Gasteiger partial charge < -0.3 is 19.7 Å². The van der Waals surface area contributed by atoms with Crippen molar-refractivity contribution in [2.45, 2.75) is 92.3 Å². The minimum absolute atomic E-state index is 0.710. The van der Waals surface area contributed by atoms with E-state index in [4.69, 9.17) is 9.47 Å². The van der Waals surface area contributed by atoms with E-state index in [1.807, 2.05) is 52.0 Å². The largest absolute Gasteiger partial charge is 0.496 e. The van der Waals surface area contributed by atoms with Crippen molar-refractivity contribution in [3.8, 4) is 33.8 Å². The highest BCUT2D eigenvalue weighted by atomic mass is 16.5. The molecule has 0 unspecified atom stereocenters. The molecule has 0 aliphatic carbocycles. The zero-order valence-electron chi connectivity index (χ0n) is 28.6. The predicted molar refractivity (Wildman–Crippen MR) is 183 cm³/mol. The number of ether oxygens (including phenoxy) is 2. The van der Waals surface area contributed by atoms with Crippen LogP contribution in [0.4, 0.5) is 0 Å². The second kappa shape index (κ2) is 12.4. The van der Waals surface area contributed by atoms with Crippen LogP contribution in [0.5, 0.6) is 11.5 Å². The van der Waals surface area contributed by atoms with Gasteiger partial charge in [-0.15, -0.1) is 0 Å². The first-order valence-electron chi connectivity index (χ1n) is 15.4.